The number of benzene rings is 1. The van der Waals surface area contributed by atoms with Crippen molar-refractivity contribution in [1.82, 2.24) is 24.6 Å². The molecule has 0 N–H and O–H groups in total. The number of aromatic nitrogens is 3. The molecule has 0 radical (unpaired) electrons. The first-order valence-corrected chi connectivity index (χ1v) is 11.7. The van der Waals surface area contributed by atoms with E-state index in [4.69, 9.17) is 4.74 Å². The summed E-state index contributed by atoms with van der Waals surface area (Å²) in [5.74, 6) is 0.860. The predicted octanol–water partition coefficient (Wildman–Crippen LogP) is 3.94. The second kappa shape index (κ2) is 9.95. The molecule has 3 heterocycles. The van der Waals surface area contributed by atoms with Gasteiger partial charge in [-0.3, -0.25) is 4.79 Å². The maximum absolute atomic E-state index is 13.3. The SMILES string of the molecule is CC(C)COC(=O)N1CCCN(C(=O)c2nc(-c3cccs3)n(-c3ccccc3)n2)CC1. The van der Waals surface area contributed by atoms with E-state index in [-0.39, 0.29) is 23.7 Å². The van der Waals surface area contributed by atoms with Crippen LogP contribution in [-0.4, -0.2) is 69.4 Å². The zero-order valence-corrected chi connectivity index (χ0v) is 19.1. The van der Waals surface area contributed by atoms with Crippen molar-refractivity contribution in [3.8, 4) is 16.4 Å². The third-order valence-corrected chi connectivity index (χ3v) is 5.99. The molecule has 168 valence electrons. The van der Waals surface area contributed by atoms with E-state index in [0.717, 1.165) is 10.6 Å². The number of thiophene rings is 1. The van der Waals surface area contributed by atoms with Crippen LogP contribution in [0.5, 0.6) is 0 Å². The highest BCUT2D eigenvalue weighted by atomic mass is 32.1. The Bertz CT molecular complexity index is 1050. The maximum Gasteiger partial charge on any atom is 0.409 e. The van der Waals surface area contributed by atoms with Gasteiger partial charge in [0.25, 0.3) is 5.91 Å². The van der Waals surface area contributed by atoms with E-state index in [1.54, 1.807) is 25.8 Å². The average Bonchev–Trinajstić information content (AvgIpc) is 3.42. The fourth-order valence-electron chi connectivity index (χ4n) is 3.49. The van der Waals surface area contributed by atoms with Crippen LogP contribution >= 0.6 is 11.3 Å². The molecule has 1 aromatic carbocycles. The lowest BCUT2D eigenvalue weighted by atomic mass is 10.2. The fourth-order valence-corrected chi connectivity index (χ4v) is 4.19. The van der Waals surface area contributed by atoms with Crippen molar-refractivity contribution < 1.29 is 14.3 Å². The highest BCUT2D eigenvalue weighted by Crippen LogP contribution is 2.26. The Balaban J connectivity index is 1.52. The largest absolute Gasteiger partial charge is 0.449 e. The Morgan fingerprint density at radius 3 is 2.50 bits per heavy atom. The van der Waals surface area contributed by atoms with E-state index in [1.807, 2.05) is 61.7 Å². The molecule has 1 fully saturated rings. The van der Waals surface area contributed by atoms with E-state index in [2.05, 4.69) is 10.1 Å². The van der Waals surface area contributed by atoms with E-state index in [9.17, 15) is 9.59 Å². The van der Waals surface area contributed by atoms with Crippen molar-refractivity contribution in [3.63, 3.8) is 0 Å². The van der Waals surface area contributed by atoms with Gasteiger partial charge in [0.05, 0.1) is 17.2 Å². The summed E-state index contributed by atoms with van der Waals surface area (Å²) in [6.45, 7) is 6.35. The Morgan fingerprint density at radius 2 is 1.78 bits per heavy atom. The quantitative estimate of drug-likeness (QED) is 0.585. The Kier molecular flexibility index (Phi) is 6.84. The number of carbonyl (C=O) groups excluding carboxylic acids is 2. The smallest absolute Gasteiger partial charge is 0.409 e. The van der Waals surface area contributed by atoms with Crippen LogP contribution in [0.25, 0.3) is 16.4 Å². The van der Waals surface area contributed by atoms with E-state index in [0.29, 0.717) is 45.0 Å². The van der Waals surface area contributed by atoms with Crippen molar-refractivity contribution in [2.75, 3.05) is 32.8 Å². The maximum atomic E-state index is 13.3. The fraction of sp³-hybridized carbons (Fsp3) is 0.391. The minimum Gasteiger partial charge on any atom is -0.449 e. The number of rotatable bonds is 5. The molecule has 0 aliphatic carbocycles. The second-order valence-electron chi connectivity index (χ2n) is 8.09. The van der Waals surface area contributed by atoms with Crippen LogP contribution < -0.4 is 0 Å². The van der Waals surface area contributed by atoms with Crippen molar-refractivity contribution in [2.24, 2.45) is 5.92 Å². The molecule has 4 rings (SSSR count). The van der Waals surface area contributed by atoms with Crippen LogP contribution in [0.3, 0.4) is 0 Å². The molecule has 2 amide bonds. The summed E-state index contributed by atoms with van der Waals surface area (Å²) in [4.78, 5) is 34.5. The van der Waals surface area contributed by atoms with Gasteiger partial charge in [-0.2, -0.15) is 0 Å². The number of hydrogen-bond donors (Lipinski definition) is 0. The standard InChI is InChI=1S/C23H27N5O3S/c1-17(2)16-31-23(30)27-12-7-11-26(13-14-27)22(29)20-24-21(19-10-6-15-32-19)28(25-20)18-8-4-3-5-9-18/h3-6,8-10,15,17H,7,11-14,16H2,1-2H3. The van der Waals surface area contributed by atoms with Gasteiger partial charge in [0, 0.05) is 26.2 Å². The Labute approximate surface area is 191 Å². The molecule has 0 saturated carbocycles. The lowest BCUT2D eigenvalue weighted by molar-refractivity contribution is 0.0735. The number of hydrogen-bond acceptors (Lipinski definition) is 6. The summed E-state index contributed by atoms with van der Waals surface area (Å²) in [6, 6.07) is 13.6. The zero-order valence-electron chi connectivity index (χ0n) is 18.3. The van der Waals surface area contributed by atoms with Gasteiger partial charge in [0.2, 0.25) is 5.82 Å². The lowest BCUT2D eigenvalue weighted by Gasteiger charge is -2.21. The van der Waals surface area contributed by atoms with Crippen molar-refractivity contribution in [1.29, 1.82) is 0 Å². The third-order valence-electron chi connectivity index (χ3n) is 5.12. The van der Waals surface area contributed by atoms with E-state index < -0.39 is 0 Å². The van der Waals surface area contributed by atoms with Gasteiger partial charge in [-0.05, 0) is 35.9 Å². The number of carbonyl (C=O) groups is 2. The topological polar surface area (TPSA) is 80.6 Å². The summed E-state index contributed by atoms with van der Waals surface area (Å²) in [6.07, 6.45) is 0.360. The highest BCUT2D eigenvalue weighted by Gasteiger charge is 2.27. The molecule has 0 atom stereocenters. The van der Waals surface area contributed by atoms with Crippen LogP contribution in [0.15, 0.2) is 47.8 Å². The summed E-state index contributed by atoms with van der Waals surface area (Å²) in [7, 11) is 0. The average molecular weight is 454 g/mol. The van der Waals surface area contributed by atoms with Crippen molar-refractivity contribution in [3.05, 3.63) is 53.7 Å². The molecule has 2 aromatic heterocycles. The second-order valence-corrected chi connectivity index (χ2v) is 9.03. The molecule has 1 saturated heterocycles. The van der Waals surface area contributed by atoms with Crippen LogP contribution in [0.4, 0.5) is 4.79 Å². The Hall–Kier alpha value is -3.20. The number of para-hydroxylation sites is 1. The molecule has 8 nitrogen and oxygen atoms in total. The molecule has 0 unspecified atom stereocenters. The number of amides is 2. The summed E-state index contributed by atoms with van der Waals surface area (Å²) in [5, 5.41) is 6.54. The first kappa shape index (κ1) is 22.0. The van der Waals surface area contributed by atoms with Crippen molar-refractivity contribution >= 4 is 23.3 Å². The van der Waals surface area contributed by atoms with Gasteiger partial charge in [0.1, 0.15) is 0 Å². The van der Waals surface area contributed by atoms with Gasteiger partial charge in [-0.15, -0.1) is 16.4 Å². The molecule has 0 bridgehead atoms. The first-order valence-electron chi connectivity index (χ1n) is 10.8. The Morgan fingerprint density at radius 1 is 1.03 bits per heavy atom. The van der Waals surface area contributed by atoms with Gasteiger partial charge in [-0.25, -0.2) is 14.5 Å². The van der Waals surface area contributed by atoms with Gasteiger partial charge in [0.15, 0.2) is 5.82 Å². The van der Waals surface area contributed by atoms with Gasteiger partial charge >= 0.3 is 6.09 Å². The normalized spacial score (nSPS) is 14.5. The molecule has 1 aliphatic rings. The monoisotopic (exact) mass is 453 g/mol. The van der Waals surface area contributed by atoms with Crippen LogP contribution in [0.2, 0.25) is 0 Å². The minimum atomic E-state index is -0.320. The van der Waals surface area contributed by atoms with Gasteiger partial charge in [-0.1, -0.05) is 38.1 Å². The van der Waals surface area contributed by atoms with E-state index in [1.165, 1.54) is 0 Å². The van der Waals surface area contributed by atoms with Crippen LogP contribution in [0, 0.1) is 5.92 Å². The third kappa shape index (κ3) is 4.99. The van der Waals surface area contributed by atoms with Crippen LogP contribution in [-0.2, 0) is 4.74 Å². The molecule has 32 heavy (non-hydrogen) atoms. The zero-order chi connectivity index (χ0) is 22.5. The van der Waals surface area contributed by atoms with Crippen molar-refractivity contribution in [2.45, 2.75) is 20.3 Å². The summed E-state index contributed by atoms with van der Waals surface area (Å²) >= 11 is 1.55. The molecule has 3 aromatic rings. The minimum absolute atomic E-state index is 0.160. The molecule has 0 spiro atoms. The molecular weight excluding hydrogens is 426 g/mol. The lowest BCUT2D eigenvalue weighted by Crippen LogP contribution is -2.38. The highest BCUT2D eigenvalue weighted by molar-refractivity contribution is 7.13. The molecule has 1 aliphatic heterocycles. The number of ether oxygens (including phenoxy) is 1. The van der Waals surface area contributed by atoms with Gasteiger partial charge < -0.3 is 14.5 Å². The predicted molar refractivity (Wildman–Crippen MR) is 123 cm³/mol. The molecular formula is C23H27N5O3S. The number of nitrogens with zero attached hydrogens (tertiary/aromatic N) is 5. The molecule has 9 heteroatoms. The van der Waals surface area contributed by atoms with Crippen LogP contribution in [0.1, 0.15) is 30.9 Å². The summed E-state index contributed by atoms with van der Waals surface area (Å²) in [5.41, 5.74) is 0.845. The van der Waals surface area contributed by atoms with E-state index >= 15 is 0 Å². The first-order chi connectivity index (χ1) is 15.5. The summed E-state index contributed by atoms with van der Waals surface area (Å²) < 4.78 is 7.06.